The first-order chi connectivity index (χ1) is 16.0. The van der Waals surface area contributed by atoms with E-state index in [9.17, 15) is 9.59 Å². The Balaban J connectivity index is 1.19. The predicted octanol–water partition coefficient (Wildman–Crippen LogP) is 1.70. The molecule has 2 aliphatic rings. The molecule has 0 saturated carbocycles. The molecule has 2 fully saturated rings. The van der Waals surface area contributed by atoms with Crippen molar-refractivity contribution in [1.82, 2.24) is 34.8 Å². The number of hydrogen-bond acceptors (Lipinski definition) is 7. The van der Waals surface area contributed by atoms with Crippen molar-refractivity contribution >= 4 is 28.5 Å². The fraction of sp³-hybridized carbons (Fsp3) is 0.478. The van der Waals surface area contributed by atoms with Gasteiger partial charge in [-0.25, -0.2) is 9.97 Å². The summed E-state index contributed by atoms with van der Waals surface area (Å²) in [5.74, 6) is 0.469. The van der Waals surface area contributed by atoms with Crippen LogP contribution in [0.1, 0.15) is 25.7 Å². The minimum atomic E-state index is -0.128. The number of aryl methyl sites for hydroxylation is 1. The van der Waals surface area contributed by atoms with E-state index in [0.29, 0.717) is 49.7 Å². The third kappa shape index (κ3) is 4.85. The fourth-order valence-electron chi connectivity index (χ4n) is 4.54. The maximum absolute atomic E-state index is 12.8. The van der Waals surface area contributed by atoms with Crippen molar-refractivity contribution in [3.8, 4) is 11.4 Å². The molecule has 0 aliphatic carbocycles. The summed E-state index contributed by atoms with van der Waals surface area (Å²) in [5.41, 5.74) is 2.13. The Morgan fingerprint density at radius 2 is 1.88 bits per heavy atom. The van der Waals surface area contributed by atoms with Gasteiger partial charge in [-0.05, 0) is 50.9 Å². The largest absolute Gasteiger partial charge is 0.342 e. The SMILES string of the molecule is Cn1cc(-c2ccc3cnc(NC(=O)C4CCN(C(=O)CN5CCCC5)CC4)cc3n2)nn1. The maximum atomic E-state index is 12.8. The van der Waals surface area contributed by atoms with Crippen molar-refractivity contribution in [3.63, 3.8) is 0 Å². The fourth-order valence-corrected chi connectivity index (χ4v) is 4.54. The van der Waals surface area contributed by atoms with E-state index >= 15 is 0 Å². The number of hydrogen-bond donors (Lipinski definition) is 1. The molecular formula is C23H28N8O2. The average molecular weight is 449 g/mol. The van der Waals surface area contributed by atoms with Crippen LogP contribution in [0.2, 0.25) is 0 Å². The number of nitrogens with zero attached hydrogens (tertiary/aromatic N) is 7. The van der Waals surface area contributed by atoms with Crippen LogP contribution in [0.15, 0.2) is 30.6 Å². The van der Waals surface area contributed by atoms with Crippen LogP contribution < -0.4 is 5.32 Å². The van der Waals surface area contributed by atoms with Gasteiger partial charge < -0.3 is 10.2 Å². The minimum Gasteiger partial charge on any atom is -0.342 e. The van der Waals surface area contributed by atoms with E-state index in [-0.39, 0.29) is 17.7 Å². The summed E-state index contributed by atoms with van der Waals surface area (Å²) < 4.78 is 1.63. The zero-order valence-electron chi connectivity index (χ0n) is 18.8. The Labute approximate surface area is 192 Å². The smallest absolute Gasteiger partial charge is 0.236 e. The van der Waals surface area contributed by atoms with Crippen LogP contribution in [-0.2, 0) is 16.6 Å². The van der Waals surface area contributed by atoms with Gasteiger partial charge in [-0.3, -0.25) is 19.2 Å². The van der Waals surface area contributed by atoms with Crippen molar-refractivity contribution in [2.75, 3.05) is 38.0 Å². The molecule has 1 N–H and O–H groups in total. The molecule has 0 atom stereocenters. The molecule has 0 radical (unpaired) electrons. The molecule has 10 heteroatoms. The molecule has 5 heterocycles. The first-order valence-corrected chi connectivity index (χ1v) is 11.5. The molecule has 5 rings (SSSR count). The van der Waals surface area contributed by atoms with Crippen molar-refractivity contribution in [1.29, 1.82) is 0 Å². The first kappa shape index (κ1) is 21.4. The minimum absolute atomic E-state index is 0.0569. The third-order valence-corrected chi connectivity index (χ3v) is 6.47. The highest BCUT2D eigenvalue weighted by atomic mass is 16.2. The Bertz CT molecular complexity index is 1160. The molecule has 0 unspecified atom stereocenters. The van der Waals surface area contributed by atoms with Crippen LogP contribution in [-0.4, -0.2) is 79.3 Å². The zero-order valence-corrected chi connectivity index (χ0v) is 18.8. The number of fused-ring (bicyclic) bond motifs is 1. The molecular weight excluding hydrogens is 420 g/mol. The number of anilines is 1. The number of piperidine rings is 1. The van der Waals surface area contributed by atoms with Gasteiger partial charge in [0.2, 0.25) is 11.8 Å². The van der Waals surface area contributed by atoms with Gasteiger partial charge in [0, 0.05) is 43.7 Å². The van der Waals surface area contributed by atoms with Gasteiger partial charge >= 0.3 is 0 Å². The number of amides is 2. The summed E-state index contributed by atoms with van der Waals surface area (Å²) in [6.07, 6.45) is 7.20. The lowest BCUT2D eigenvalue weighted by molar-refractivity contribution is -0.135. The highest BCUT2D eigenvalue weighted by molar-refractivity contribution is 5.94. The van der Waals surface area contributed by atoms with E-state index < -0.39 is 0 Å². The molecule has 0 bridgehead atoms. The van der Waals surface area contributed by atoms with Gasteiger partial charge in [-0.2, -0.15) is 0 Å². The standard InChI is InChI=1S/C23H28N8O2/c1-29-14-20(27-28-29)18-5-4-17-13-24-21(12-19(17)25-18)26-23(33)16-6-10-31(11-7-16)22(32)15-30-8-2-3-9-30/h4-5,12-14,16H,2-3,6-11,15H2,1H3,(H,24,26,33). The lowest BCUT2D eigenvalue weighted by atomic mass is 9.96. The normalized spacial score (nSPS) is 17.5. The second-order valence-corrected chi connectivity index (χ2v) is 8.86. The highest BCUT2D eigenvalue weighted by Gasteiger charge is 2.28. The van der Waals surface area contributed by atoms with E-state index in [0.717, 1.165) is 24.0 Å². The number of carbonyl (C=O) groups is 2. The van der Waals surface area contributed by atoms with E-state index in [1.807, 2.05) is 24.1 Å². The number of rotatable bonds is 5. The van der Waals surface area contributed by atoms with E-state index in [2.05, 4.69) is 30.5 Å². The molecule has 2 aliphatic heterocycles. The van der Waals surface area contributed by atoms with Gasteiger partial charge in [-0.15, -0.1) is 5.10 Å². The molecule has 2 amide bonds. The van der Waals surface area contributed by atoms with Crippen LogP contribution in [0.4, 0.5) is 5.82 Å². The van der Waals surface area contributed by atoms with Gasteiger partial charge in [-0.1, -0.05) is 5.21 Å². The summed E-state index contributed by atoms with van der Waals surface area (Å²) in [6.45, 7) is 3.77. The lowest BCUT2D eigenvalue weighted by Crippen LogP contribution is -2.45. The van der Waals surface area contributed by atoms with Gasteiger partial charge in [0.15, 0.2) is 0 Å². The third-order valence-electron chi connectivity index (χ3n) is 6.47. The molecule has 3 aromatic heterocycles. The summed E-state index contributed by atoms with van der Waals surface area (Å²) in [4.78, 5) is 38.5. The molecule has 0 spiro atoms. The number of nitrogens with one attached hydrogen (secondary N) is 1. The number of carbonyl (C=O) groups excluding carboxylic acids is 2. The monoisotopic (exact) mass is 448 g/mol. The Hall–Kier alpha value is -3.40. The second-order valence-electron chi connectivity index (χ2n) is 8.86. The van der Waals surface area contributed by atoms with E-state index in [4.69, 9.17) is 0 Å². The summed E-state index contributed by atoms with van der Waals surface area (Å²) in [7, 11) is 1.81. The predicted molar refractivity (Wildman–Crippen MR) is 123 cm³/mol. The molecule has 10 nitrogen and oxygen atoms in total. The van der Waals surface area contributed by atoms with Crippen molar-refractivity contribution < 1.29 is 9.59 Å². The average Bonchev–Trinajstić information content (AvgIpc) is 3.50. The van der Waals surface area contributed by atoms with Crippen LogP contribution in [0.25, 0.3) is 22.3 Å². The van der Waals surface area contributed by atoms with Crippen LogP contribution >= 0.6 is 0 Å². The van der Waals surface area contributed by atoms with Gasteiger partial charge in [0.1, 0.15) is 11.5 Å². The van der Waals surface area contributed by atoms with Crippen LogP contribution in [0.5, 0.6) is 0 Å². The Morgan fingerprint density at radius 1 is 1.09 bits per heavy atom. The Kier molecular flexibility index (Phi) is 5.99. The van der Waals surface area contributed by atoms with Gasteiger partial charge in [0.05, 0.1) is 24.0 Å². The molecule has 2 saturated heterocycles. The molecule has 33 heavy (non-hydrogen) atoms. The lowest BCUT2D eigenvalue weighted by Gasteiger charge is -2.32. The van der Waals surface area contributed by atoms with Crippen molar-refractivity contribution in [2.45, 2.75) is 25.7 Å². The maximum Gasteiger partial charge on any atom is 0.236 e. The summed E-state index contributed by atoms with van der Waals surface area (Å²) in [5, 5.41) is 11.9. The van der Waals surface area contributed by atoms with Crippen molar-refractivity contribution in [2.24, 2.45) is 13.0 Å². The molecule has 3 aromatic rings. The first-order valence-electron chi connectivity index (χ1n) is 11.5. The van der Waals surface area contributed by atoms with Crippen LogP contribution in [0, 0.1) is 5.92 Å². The highest BCUT2D eigenvalue weighted by Crippen LogP contribution is 2.23. The topological polar surface area (TPSA) is 109 Å². The molecule has 172 valence electrons. The van der Waals surface area contributed by atoms with Crippen LogP contribution in [0.3, 0.4) is 0 Å². The summed E-state index contributed by atoms with van der Waals surface area (Å²) in [6, 6.07) is 5.59. The number of pyridine rings is 2. The van der Waals surface area contributed by atoms with E-state index in [1.165, 1.54) is 12.8 Å². The quantitative estimate of drug-likeness (QED) is 0.633. The molecule has 0 aromatic carbocycles. The van der Waals surface area contributed by atoms with E-state index in [1.54, 1.807) is 23.1 Å². The summed E-state index contributed by atoms with van der Waals surface area (Å²) >= 11 is 0. The number of likely N-dealkylation sites (tertiary alicyclic amines) is 2. The second kappa shape index (κ2) is 9.22. The number of aromatic nitrogens is 5. The van der Waals surface area contributed by atoms with Gasteiger partial charge in [0.25, 0.3) is 0 Å². The Morgan fingerprint density at radius 3 is 2.61 bits per heavy atom. The zero-order chi connectivity index (χ0) is 22.8. The van der Waals surface area contributed by atoms with Crippen molar-refractivity contribution in [3.05, 3.63) is 30.6 Å².